The number of aromatic nitrogens is 2. The van der Waals surface area contributed by atoms with Crippen LogP contribution in [0.25, 0.3) is 6.08 Å². The van der Waals surface area contributed by atoms with Crippen molar-refractivity contribution in [2.45, 2.75) is 103 Å². The van der Waals surface area contributed by atoms with E-state index in [1.807, 2.05) is 20.8 Å². The van der Waals surface area contributed by atoms with Gasteiger partial charge in [-0.3, -0.25) is 28.7 Å². The Balaban J connectivity index is 2.47. The summed E-state index contributed by atoms with van der Waals surface area (Å²) >= 11 is 3.11. The van der Waals surface area contributed by atoms with Crippen LogP contribution in [0.4, 0.5) is 0 Å². The molecular weight excluding hydrogens is 564 g/mol. The topological polar surface area (TPSA) is 143 Å². The monoisotopic (exact) mass is 600 g/mol. The number of unbranched alkanes of at least 4 members (excludes halogenated alkanes) is 3. The molecule has 38 heavy (non-hydrogen) atoms. The molecule has 1 fully saturated rings. The average Bonchev–Trinajstić information content (AvgIpc) is 3.21. The van der Waals surface area contributed by atoms with E-state index >= 15 is 0 Å². The Hall–Kier alpha value is -2.73. The van der Waals surface area contributed by atoms with Crippen molar-refractivity contribution < 1.29 is 33.3 Å². The van der Waals surface area contributed by atoms with Gasteiger partial charge in [-0.05, 0) is 30.3 Å². The summed E-state index contributed by atoms with van der Waals surface area (Å²) in [5.41, 5.74) is -1.30. The molecule has 4 atom stereocenters. The second-order valence-corrected chi connectivity index (χ2v) is 9.54. The summed E-state index contributed by atoms with van der Waals surface area (Å²) in [6, 6.07) is 0. The molecule has 11 nitrogen and oxygen atoms in total. The van der Waals surface area contributed by atoms with Crippen molar-refractivity contribution >= 4 is 39.9 Å². The molecular formula is C26H37BrN2O9. The highest BCUT2D eigenvalue weighted by atomic mass is 79.9. The maximum Gasteiger partial charge on any atom is 0.330 e. The van der Waals surface area contributed by atoms with Crippen LogP contribution in [0.1, 0.15) is 90.3 Å². The molecule has 1 saturated heterocycles. The van der Waals surface area contributed by atoms with Gasteiger partial charge in [-0.25, -0.2) is 4.79 Å². The van der Waals surface area contributed by atoms with E-state index in [1.165, 1.54) is 17.3 Å². The van der Waals surface area contributed by atoms with Gasteiger partial charge >= 0.3 is 23.6 Å². The number of nitrogens with zero attached hydrogens (tertiary/aromatic N) is 1. The van der Waals surface area contributed by atoms with E-state index < -0.39 is 53.7 Å². The summed E-state index contributed by atoms with van der Waals surface area (Å²) in [6.07, 6.45) is 2.67. The number of esters is 3. The van der Waals surface area contributed by atoms with Crippen molar-refractivity contribution in [1.82, 2.24) is 9.55 Å². The van der Waals surface area contributed by atoms with Gasteiger partial charge in [0.1, 0.15) is 12.7 Å². The number of hydrogen-bond acceptors (Lipinski definition) is 9. The van der Waals surface area contributed by atoms with Crippen LogP contribution in [-0.4, -0.2) is 52.4 Å². The molecule has 0 aliphatic carbocycles. The lowest BCUT2D eigenvalue weighted by Crippen LogP contribution is -2.43. The van der Waals surface area contributed by atoms with Gasteiger partial charge in [0.2, 0.25) is 0 Å². The summed E-state index contributed by atoms with van der Waals surface area (Å²) < 4.78 is 24.0. The Morgan fingerprint density at radius 2 is 1.50 bits per heavy atom. The van der Waals surface area contributed by atoms with E-state index in [9.17, 15) is 24.0 Å². The number of H-pyrrole nitrogens is 1. The van der Waals surface area contributed by atoms with Crippen molar-refractivity contribution in [3.8, 4) is 0 Å². The van der Waals surface area contributed by atoms with Crippen molar-refractivity contribution in [1.29, 1.82) is 0 Å². The molecule has 1 aromatic rings. The average molecular weight is 601 g/mol. The normalized spacial score (nSPS) is 20.9. The maximum absolute atomic E-state index is 12.8. The van der Waals surface area contributed by atoms with E-state index in [4.69, 9.17) is 18.9 Å². The molecule has 1 aliphatic heterocycles. The minimum Gasteiger partial charge on any atom is -0.463 e. The highest BCUT2D eigenvalue weighted by molar-refractivity contribution is 9.11. The van der Waals surface area contributed by atoms with Gasteiger partial charge in [0, 0.05) is 25.5 Å². The Labute approximate surface area is 230 Å². The van der Waals surface area contributed by atoms with E-state index in [1.54, 1.807) is 0 Å². The Kier molecular flexibility index (Phi) is 13.5. The van der Waals surface area contributed by atoms with Crippen LogP contribution < -0.4 is 11.2 Å². The summed E-state index contributed by atoms with van der Waals surface area (Å²) in [6.45, 7) is 5.53. The zero-order valence-electron chi connectivity index (χ0n) is 22.1. The summed E-state index contributed by atoms with van der Waals surface area (Å²) in [5.74, 6) is -1.54. The van der Waals surface area contributed by atoms with Gasteiger partial charge in [-0.15, -0.1) is 0 Å². The third-order valence-corrected chi connectivity index (χ3v) is 6.21. The van der Waals surface area contributed by atoms with Crippen molar-refractivity contribution in [2.24, 2.45) is 0 Å². The van der Waals surface area contributed by atoms with E-state index in [-0.39, 0.29) is 31.4 Å². The van der Waals surface area contributed by atoms with Gasteiger partial charge in [-0.2, -0.15) is 0 Å². The van der Waals surface area contributed by atoms with Crippen LogP contribution >= 0.6 is 15.9 Å². The van der Waals surface area contributed by atoms with E-state index in [0.29, 0.717) is 19.3 Å². The number of hydrogen-bond donors (Lipinski definition) is 1. The zero-order chi connectivity index (χ0) is 28.1. The van der Waals surface area contributed by atoms with Crippen molar-refractivity contribution in [3.05, 3.63) is 37.6 Å². The smallest absolute Gasteiger partial charge is 0.330 e. The predicted octanol–water partition coefficient (Wildman–Crippen LogP) is 3.74. The number of ether oxygens (including phenoxy) is 4. The fourth-order valence-corrected chi connectivity index (χ4v) is 4.13. The van der Waals surface area contributed by atoms with Crippen LogP contribution in [0.2, 0.25) is 0 Å². The predicted molar refractivity (Wildman–Crippen MR) is 142 cm³/mol. The molecule has 1 aromatic heterocycles. The molecule has 2 heterocycles. The molecule has 0 bridgehead atoms. The molecule has 212 valence electrons. The summed E-state index contributed by atoms with van der Waals surface area (Å²) in [4.78, 5) is 66.2. The number of carbonyl (C=O) groups excluding carboxylic acids is 3. The van der Waals surface area contributed by atoms with Crippen LogP contribution in [0, 0.1) is 0 Å². The molecule has 2 rings (SSSR count). The van der Waals surface area contributed by atoms with Gasteiger partial charge in [0.25, 0.3) is 5.56 Å². The highest BCUT2D eigenvalue weighted by Gasteiger charge is 2.51. The fraction of sp³-hybridized carbons (Fsp3) is 0.654. The quantitative estimate of drug-likeness (QED) is 0.235. The van der Waals surface area contributed by atoms with Gasteiger partial charge in [0.05, 0.1) is 5.56 Å². The third-order valence-electron chi connectivity index (χ3n) is 5.94. The molecule has 1 aliphatic rings. The van der Waals surface area contributed by atoms with Gasteiger partial charge < -0.3 is 18.9 Å². The first-order chi connectivity index (χ1) is 18.2. The minimum atomic E-state index is -1.25. The molecule has 0 spiro atoms. The lowest BCUT2D eigenvalue weighted by Gasteiger charge is -2.25. The number of rotatable bonds is 15. The minimum absolute atomic E-state index is 0.116. The highest BCUT2D eigenvalue weighted by Crippen LogP contribution is 2.34. The second kappa shape index (κ2) is 16.3. The molecule has 1 N–H and O–H groups in total. The second-order valence-electron chi connectivity index (χ2n) is 9.01. The van der Waals surface area contributed by atoms with Crippen molar-refractivity contribution in [2.75, 3.05) is 6.61 Å². The van der Waals surface area contributed by atoms with Crippen LogP contribution in [0.5, 0.6) is 0 Å². The SMILES string of the molecule is CCCCC(=O)OC[C@H]1O[C@@H](n2cc(/C=C/Br)c(=O)[nH]c2=O)[C@@H](OC(=O)CCCC)[C@@H]1OC(=O)CCCC. The van der Waals surface area contributed by atoms with E-state index in [2.05, 4.69) is 20.9 Å². The molecule has 0 radical (unpaired) electrons. The number of aromatic amines is 1. The van der Waals surface area contributed by atoms with Gasteiger partial charge in [0.15, 0.2) is 18.4 Å². The maximum atomic E-state index is 12.8. The summed E-state index contributed by atoms with van der Waals surface area (Å²) in [5, 5.41) is 0. The Morgan fingerprint density at radius 3 is 2.05 bits per heavy atom. The van der Waals surface area contributed by atoms with E-state index in [0.717, 1.165) is 23.8 Å². The first-order valence-corrected chi connectivity index (χ1v) is 14.0. The number of nitrogens with one attached hydrogen (secondary N) is 1. The number of halogens is 1. The van der Waals surface area contributed by atoms with Crippen LogP contribution in [-0.2, 0) is 33.3 Å². The zero-order valence-corrected chi connectivity index (χ0v) is 23.7. The number of carbonyl (C=O) groups is 3. The molecule has 0 amide bonds. The standard InChI is InChI=1S/C26H37BrN2O9/c1-4-7-10-19(30)35-16-18-22(37-20(31)11-8-5-2)23(38-21(32)12-9-6-3)25(36-18)29-15-17(13-14-27)24(33)28-26(29)34/h13-15,18,22-23,25H,4-12,16H2,1-3H3,(H,28,33,34)/b14-13+/t18-,22-,23+,25-/m1/s1. The van der Waals surface area contributed by atoms with Crippen molar-refractivity contribution in [3.63, 3.8) is 0 Å². The summed E-state index contributed by atoms with van der Waals surface area (Å²) in [7, 11) is 0. The molecule has 0 aromatic carbocycles. The fourth-order valence-electron chi connectivity index (χ4n) is 3.84. The molecule has 0 saturated carbocycles. The first kappa shape index (κ1) is 31.5. The lowest BCUT2D eigenvalue weighted by molar-refractivity contribution is -0.169. The third kappa shape index (κ3) is 9.23. The lowest BCUT2D eigenvalue weighted by atomic mass is 10.1. The molecule has 0 unspecified atom stereocenters. The first-order valence-electron chi connectivity index (χ1n) is 13.1. The van der Waals surface area contributed by atoms with Crippen LogP contribution in [0.3, 0.4) is 0 Å². The Bertz CT molecular complexity index is 1080. The molecule has 12 heteroatoms. The van der Waals surface area contributed by atoms with Crippen LogP contribution in [0.15, 0.2) is 20.8 Å². The van der Waals surface area contributed by atoms with Gasteiger partial charge in [-0.1, -0.05) is 56.0 Å². The Morgan fingerprint density at radius 1 is 0.947 bits per heavy atom. The largest absolute Gasteiger partial charge is 0.463 e.